The molecule has 0 unspecified atom stereocenters. The normalized spacial score (nSPS) is 17.9. The van der Waals surface area contributed by atoms with Gasteiger partial charge in [-0.3, -0.25) is 0 Å². The second-order valence-electron chi connectivity index (χ2n) is 7.33. The Labute approximate surface area is 156 Å². The lowest BCUT2D eigenvalue weighted by Crippen LogP contribution is -2.47. The number of oxazole rings is 1. The van der Waals surface area contributed by atoms with Crippen molar-refractivity contribution in [3.63, 3.8) is 0 Å². The van der Waals surface area contributed by atoms with Crippen LogP contribution in [0.4, 0.5) is 5.82 Å². The molecule has 0 amide bonds. The largest absolute Gasteiger partial charge is 0.440 e. The minimum absolute atomic E-state index is 0.315. The quantitative estimate of drug-likeness (QED) is 0.591. The Balaban J connectivity index is 1.36. The first kappa shape index (κ1) is 15.2. The first-order chi connectivity index (χ1) is 13.4. The molecule has 4 aromatic rings. The summed E-state index contributed by atoms with van der Waals surface area (Å²) >= 11 is 0. The molecule has 0 bridgehead atoms. The summed E-state index contributed by atoms with van der Waals surface area (Å²) in [7, 11) is 0. The summed E-state index contributed by atoms with van der Waals surface area (Å²) in [5.41, 5.74) is 5.25. The molecule has 0 atom stereocenters. The van der Waals surface area contributed by atoms with Crippen LogP contribution in [0.3, 0.4) is 0 Å². The molecule has 0 aliphatic carbocycles. The van der Waals surface area contributed by atoms with Gasteiger partial charge >= 0.3 is 0 Å². The predicted molar refractivity (Wildman–Crippen MR) is 102 cm³/mol. The van der Waals surface area contributed by atoms with E-state index < -0.39 is 0 Å². The van der Waals surface area contributed by atoms with Crippen molar-refractivity contribution in [3.05, 3.63) is 53.7 Å². The van der Waals surface area contributed by atoms with Crippen molar-refractivity contribution in [2.45, 2.75) is 18.8 Å². The topological polar surface area (TPSA) is 71.5 Å². The number of benzene rings is 1. The van der Waals surface area contributed by atoms with E-state index in [1.807, 2.05) is 41.0 Å². The van der Waals surface area contributed by atoms with Crippen LogP contribution in [0.25, 0.3) is 16.7 Å². The van der Waals surface area contributed by atoms with Crippen LogP contribution in [0.5, 0.6) is 0 Å². The van der Waals surface area contributed by atoms with Crippen LogP contribution >= 0.6 is 0 Å². The Morgan fingerprint density at radius 2 is 1.93 bits per heavy atom. The lowest BCUT2D eigenvalue weighted by Gasteiger charge is -2.40. The fraction of sp³-hybridized carbons (Fsp3) is 0.350. The summed E-state index contributed by atoms with van der Waals surface area (Å²) in [5.74, 6) is 2.35. The van der Waals surface area contributed by atoms with Crippen LogP contribution in [0.2, 0.25) is 0 Å². The van der Waals surface area contributed by atoms with Gasteiger partial charge in [0.2, 0.25) is 5.89 Å². The monoisotopic (exact) mass is 360 g/mol. The van der Waals surface area contributed by atoms with E-state index in [4.69, 9.17) is 9.40 Å². The fourth-order valence-electron chi connectivity index (χ4n) is 4.21. The van der Waals surface area contributed by atoms with Crippen LogP contribution in [0.15, 0.2) is 40.9 Å². The molecule has 0 radical (unpaired) electrons. The molecular weight excluding hydrogens is 340 g/mol. The summed E-state index contributed by atoms with van der Waals surface area (Å²) in [6.45, 7) is 3.75. The number of rotatable bonds is 2. The molecular formula is C20H20N6O. The summed E-state index contributed by atoms with van der Waals surface area (Å²) in [6.07, 6.45) is 3.78. The zero-order chi connectivity index (χ0) is 17.8. The van der Waals surface area contributed by atoms with Gasteiger partial charge in [0, 0.05) is 37.7 Å². The maximum atomic E-state index is 5.98. The maximum Gasteiger partial charge on any atom is 0.202 e. The Morgan fingerprint density at radius 3 is 2.85 bits per heavy atom. The number of nitrogens with zero attached hydrogens (tertiary/aromatic N) is 5. The zero-order valence-electron chi connectivity index (χ0n) is 14.9. The number of anilines is 1. The molecule has 136 valence electrons. The average molecular weight is 360 g/mol. The van der Waals surface area contributed by atoms with Crippen molar-refractivity contribution < 1.29 is 4.42 Å². The second-order valence-corrected chi connectivity index (χ2v) is 7.33. The Morgan fingerprint density at radius 1 is 1.04 bits per heavy atom. The highest BCUT2D eigenvalue weighted by atomic mass is 16.3. The van der Waals surface area contributed by atoms with Gasteiger partial charge in [0.25, 0.3) is 0 Å². The van der Waals surface area contributed by atoms with Crippen LogP contribution in [0, 0.1) is 0 Å². The van der Waals surface area contributed by atoms with Crippen molar-refractivity contribution in [1.82, 2.24) is 24.9 Å². The smallest absolute Gasteiger partial charge is 0.202 e. The minimum Gasteiger partial charge on any atom is -0.440 e. The summed E-state index contributed by atoms with van der Waals surface area (Å²) in [6, 6.07) is 9.95. The molecule has 2 aliphatic heterocycles. The van der Waals surface area contributed by atoms with Gasteiger partial charge in [-0.15, -0.1) is 0 Å². The number of para-hydroxylation sites is 2. The van der Waals surface area contributed by atoms with E-state index in [-0.39, 0.29) is 0 Å². The van der Waals surface area contributed by atoms with Gasteiger partial charge in [0.1, 0.15) is 11.3 Å². The number of fused-ring (bicyclic) bond motifs is 3. The van der Waals surface area contributed by atoms with Gasteiger partial charge in [0.05, 0.1) is 17.8 Å². The van der Waals surface area contributed by atoms with Crippen molar-refractivity contribution in [2.24, 2.45) is 0 Å². The number of aromatic nitrogens is 4. The molecule has 6 rings (SSSR count). The molecule has 1 saturated heterocycles. The first-order valence-electron chi connectivity index (χ1n) is 9.53. The van der Waals surface area contributed by atoms with Crippen LogP contribution in [0.1, 0.15) is 23.1 Å². The van der Waals surface area contributed by atoms with E-state index in [0.29, 0.717) is 5.92 Å². The Kier molecular flexibility index (Phi) is 3.25. The molecule has 5 heterocycles. The van der Waals surface area contributed by atoms with Crippen molar-refractivity contribution >= 4 is 22.6 Å². The number of hydrogen-bond acceptors (Lipinski definition) is 6. The van der Waals surface area contributed by atoms with Crippen molar-refractivity contribution in [1.29, 1.82) is 0 Å². The van der Waals surface area contributed by atoms with E-state index in [0.717, 1.165) is 61.7 Å². The van der Waals surface area contributed by atoms with Crippen LogP contribution in [-0.4, -0.2) is 45.8 Å². The van der Waals surface area contributed by atoms with Gasteiger partial charge in [-0.1, -0.05) is 12.1 Å². The number of hydrogen-bond donors (Lipinski definition) is 1. The first-order valence-corrected chi connectivity index (χ1v) is 9.53. The molecule has 0 saturated carbocycles. The highest BCUT2D eigenvalue weighted by Crippen LogP contribution is 2.36. The molecule has 2 aliphatic rings. The maximum absolute atomic E-state index is 5.98. The Hall–Kier alpha value is -2.93. The molecule has 3 aromatic heterocycles. The van der Waals surface area contributed by atoms with E-state index in [2.05, 4.69) is 20.3 Å². The molecule has 0 spiro atoms. The lowest BCUT2D eigenvalue weighted by atomic mass is 9.98. The van der Waals surface area contributed by atoms with Gasteiger partial charge < -0.3 is 14.6 Å². The highest BCUT2D eigenvalue weighted by Gasteiger charge is 2.35. The third kappa shape index (κ3) is 2.35. The predicted octanol–water partition coefficient (Wildman–Crippen LogP) is 2.16. The van der Waals surface area contributed by atoms with E-state index >= 15 is 0 Å². The summed E-state index contributed by atoms with van der Waals surface area (Å²) < 4.78 is 7.97. The van der Waals surface area contributed by atoms with Crippen molar-refractivity contribution in [2.75, 3.05) is 31.1 Å². The minimum atomic E-state index is 0.315. The summed E-state index contributed by atoms with van der Waals surface area (Å²) in [5, 5.41) is 8.03. The van der Waals surface area contributed by atoms with Gasteiger partial charge in [-0.05, 0) is 25.1 Å². The SMILES string of the molecule is c1ccc2oc(C3CN(c4c5c(nc6ccnn46)CCNCC5)C3)nc2c1. The van der Waals surface area contributed by atoms with Crippen LogP contribution < -0.4 is 10.2 Å². The Bertz CT molecular complexity index is 1110. The molecule has 7 heteroatoms. The van der Waals surface area contributed by atoms with E-state index in [1.54, 1.807) is 0 Å². The van der Waals surface area contributed by atoms with E-state index in [9.17, 15) is 0 Å². The standard InChI is InChI=1S/C20H20N6O/c1-2-4-17-16(3-1)24-19(27-17)13-11-25(12-13)20-14-5-8-21-9-6-15(14)23-18-7-10-22-26(18)20/h1-4,7,10,13,21H,5-6,8-9,11-12H2. The third-order valence-electron chi connectivity index (χ3n) is 5.62. The number of nitrogens with one attached hydrogen (secondary N) is 1. The average Bonchev–Trinajstić information content (AvgIpc) is 3.21. The third-order valence-corrected chi connectivity index (χ3v) is 5.62. The molecule has 1 N–H and O–H groups in total. The van der Waals surface area contributed by atoms with Gasteiger partial charge in [-0.25, -0.2) is 9.97 Å². The molecule has 7 nitrogen and oxygen atoms in total. The second kappa shape index (κ2) is 5.79. The van der Waals surface area contributed by atoms with Crippen molar-refractivity contribution in [3.8, 4) is 0 Å². The fourth-order valence-corrected chi connectivity index (χ4v) is 4.21. The van der Waals surface area contributed by atoms with Crippen LogP contribution in [-0.2, 0) is 12.8 Å². The molecule has 1 aromatic carbocycles. The molecule has 27 heavy (non-hydrogen) atoms. The zero-order valence-corrected chi connectivity index (χ0v) is 14.9. The van der Waals surface area contributed by atoms with Gasteiger partial charge in [0.15, 0.2) is 11.2 Å². The summed E-state index contributed by atoms with van der Waals surface area (Å²) in [4.78, 5) is 11.9. The van der Waals surface area contributed by atoms with Gasteiger partial charge in [-0.2, -0.15) is 9.61 Å². The highest BCUT2D eigenvalue weighted by molar-refractivity contribution is 5.72. The molecule has 1 fully saturated rings. The lowest BCUT2D eigenvalue weighted by molar-refractivity contribution is 0.406. The van der Waals surface area contributed by atoms with E-state index in [1.165, 1.54) is 17.1 Å².